The van der Waals surface area contributed by atoms with Gasteiger partial charge in [-0.2, -0.15) is 0 Å². The first-order valence-electron chi connectivity index (χ1n) is 6.85. The second-order valence-corrected chi connectivity index (χ2v) is 6.84. The zero-order valence-electron chi connectivity index (χ0n) is 11.5. The molecule has 2 unspecified atom stereocenters. The molecule has 0 aliphatic carbocycles. The van der Waals surface area contributed by atoms with Crippen LogP contribution < -0.4 is 10.0 Å². The van der Waals surface area contributed by atoms with Crippen LogP contribution >= 0.6 is 0 Å². The van der Waals surface area contributed by atoms with E-state index in [0.29, 0.717) is 10.8 Å². The van der Waals surface area contributed by atoms with E-state index in [1.807, 2.05) is 19.1 Å². The molecule has 2 atom stereocenters. The van der Waals surface area contributed by atoms with Gasteiger partial charge in [-0.3, -0.25) is 0 Å². The van der Waals surface area contributed by atoms with Gasteiger partial charge in [0, 0.05) is 6.04 Å². The minimum absolute atomic E-state index is 0.0242. The monoisotopic (exact) mass is 282 g/mol. The molecule has 2 N–H and O–H groups in total. The highest BCUT2D eigenvalue weighted by Crippen LogP contribution is 2.19. The van der Waals surface area contributed by atoms with Gasteiger partial charge in [0.15, 0.2) is 0 Å². The van der Waals surface area contributed by atoms with Crippen molar-refractivity contribution < 1.29 is 8.42 Å². The lowest BCUT2D eigenvalue weighted by Gasteiger charge is -2.30. The van der Waals surface area contributed by atoms with Crippen molar-refractivity contribution >= 4 is 10.0 Å². The van der Waals surface area contributed by atoms with Crippen molar-refractivity contribution in [3.63, 3.8) is 0 Å². The smallest absolute Gasteiger partial charge is 0.241 e. The second kappa shape index (κ2) is 6.03. The third-order valence-corrected chi connectivity index (χ3v) is 5.33. The van der Waals surface area contributed by atoms with Crippen LogP contribution in [-0.4, -0.2) is 27.5 Å². The number of hydrogen-bond donors (Lipinski definition) is 2. The molecule has 1 heterocycles. The zero-order chi connectivity index (χ0) is 13.9. The Hall–Kier alpha value is -0.910. The van der Waals surface area contributed by atoms with E-state index in [2.05, 4.69) is 17.0 Å². The predicted octanol–water partition coefficient (Wildman–Crippen LogP) is 1.53. The lowest BCUT2D eigenvalue weighted by Crippen LogP contribution is -2.48. The first-order valence-corrected chi connectivity index (χ1v) is 8.34. The fourth-order valence-corrected chi connectivity index (χ4v) is 4.20. The van der Waals surface area contributed by atoms with Gasteiger partial charge in [-0.15, -0.1) is 0 Å². The minimum Gasteiger partial charge on any atom is -0.316 e. The van der Waals surface area contributed by atoms with Crippen LogP contribution in [0.5, 0.6) is 0 Å². The molecule has 106 valence electrons. The molecule has 1 fully saturated rings. The van der Waals surface area contributed by atoms with Crippen molar-refractivity contribution in [2.24, 2.45) is 5.92 Å². The number of rotatable bonds is 4. The Kier molecular flexibility index (Phi) is 4.60. The van der Waals surface area contributed by atoms with E-state index >= 15 is 0 Å². The van der Waals surface area contributed by atoms with E-state index in [4.69, 9.17) is 0 Å². The molecule has 19 heavy (non-hydrogen) atoms. The van der Waals surface area contributed by atoms with Crippen molar-refractivity contribution in [2.75, 3.05) is 13.1 Å². The van der Waals surface area contributed by atoms with Crippen LogP contribution in [0.15, 0.2) is 29.2 Å². The summed E-state index contributed by atoms with van der Waals surface area (Å²) in [6, 6.07) is 7.24. The first-order chi connectivity index (χ1) is 9.04. The lowest BCUT2D eigenvalue weighted by atomic mass is 9.97. The molecule has 0 bridgehead atoms. The number of piperidine rings is 1. The van der Waals surface area contributed by atoms with Crippen LogP contribution in [0, 0.1) is 5.92 Å². The van der Waals surface area contributed by atoms with E-state index in [0.717, 1.165) is 31.5 Å². The highest BCUT2D eigenvalue weighted by molar-refractivity contribution is 7.89. The summed E-state index contributed by atoms with van der Waals surface area (Å²) in [6.45, 7) is 5.78. The Morgan fingerprint density at radius 3 is 2.79 bits per heavy atom. The van der Waals surface area contributed by atoms with Crippen molar-refractivity contribution in [3.8, 4) is 0 Å². The van der Waals surface area contributed by atoms with E-state index in [9.17, 15) is 8.42 Å². The average Bonchev–Trinajstić information content (AvgIpc) is 2.41. The standard InChI is InChI=1S/C14H22N2O2S/c1-3-12-6-4-5-7-14(12)19(17,18)16-13-8-9-15-10-11(13)2/h4-7,11,13,15-16H,3,8-10H2,1-2H3. The lowest BCUT2D eigenvalue weighted by molar-refractivity contribution is 0.328. The number of hydrogen-bond acceptors (Lipinski definition) is 3. The van der Waals surface area contributed by atoms with Crippen molar-refractivity contribution in [2.45, 2.75) is 37.6 Å². The van der Waals surface area contributed by atoms with E-state index < -0.39 is 10.0 Å². The Morgan fingerprint density at radius 2 is 2.11 bits per heavy atom. The van der Waals surface area contributed by atoms with Gasteiger partial charge < -0.3 is 5.32 Å². The zero-order valence-corrected chi connectivity index (χ0v) is 12.3. The topological polar surface area (TPSA) is 58.2 Å². The van der Waals surface area contributed by atoms with Crippen molar-refractivity contribution in [3.05, 3.63) is 29.8 Å². The molecule has 0 radical (unpaired) electrons. The van der Waals surface area contributed by atoms with Crippen LogP contribution in [0.2, 0.25) is 0 Å². The Labute approximate surface area is 115 Å². The van der Waals surface area contributed by atoms with Crippen molar-refractivity contribution in [1.82, 2.24) is 10.0 Å². The third kappa shape index (κ3) is 3.35. The number of benzene rings is 1. The molecular weight excluding hydrogens is 260 g/mol. The number of sulfonamides is 1. The maximum Gasteiger partial charge on any atom is 0.241 e. The highest BCUT2D eigenvalue weighted by Gasteiger charge is 2.27. The molecule has 0 amide bonds. The Bertz CT molecular complexity index is 528. The molecule has 1 aromatic carbocycles. The van der Waals surface area contributed by atoms with Crippen LogP contribution in [0.1, 0.15) is 25.8 Å². The highest BCUT2D eigenvalue weighted by atomic mass is 32.2. The summed E-state index contributed by atoms with van der Waals surface area (Å²) in [5, 5.41) is 3.28. The molecule has 2 rings (SSSR count). The van der Waals surface area contributed by atoms with Crippen LogP contribution in [0.3, 0.4) is 0 Å². The molecule has 1 aliphatic rings. The normalized spacial score (nSPS) is 24.3. The van der Waals surface area contributed by atoms with Gasteiger partial charge >= 0.3 is 0 Å². The summed E-state index contributed by atoms with van der Waals surface area (Å²) in [6.07, 6.45) is 1.56. The Balaban J connectivity index is 2.22. The van der Waals surface area contributed by atoms with Crippen LogP contribution in [0.25, 0.3) is 0 Å². The number of aryl methyl sites for hydroxylation is 1. The SMILES string of the molecule is CCc1ccccc1S(=O)(=O)NC1CCNCC1C. The van der Waals surface area contributed by atoms with Gasteiger partial charge in [-0.05, 0) is 43.5 Å². The molecule has 5 heteroatoms. The fourth-order valence-electron chi connectivity index (χ4n) is 2.51. The Morgan fingerprint density at radius 1 is 1.37 bits per heavy atom. The van der Waals surface area contributed by atoms with Gasteiger partial charge in [0.05, 0.1) is 4.90 Å². The summed E-state index contributed by atoms with van der Waals surface area (Å²) in [7, 11) is -3.41. The predicted molar refractivity (Wildman–Crippen MR) is 76.6 cm³/mol. The molecule has 0 spiro atoms. The average molecular weight is 282 g/mol. The maximum absolute atomic E-state index is 12.5. The fraction of sp³-hybridized carbons (Fsp3) is 0.571. The van der Waals surface area contributed by atoms with E-state index in [1.165, 1.54) is 0 Å². The van der Waals surface area contributed by atoms with Crippen LogP contribution in [-0.2, 0) is 16.4 Å². The van der Waals surface area contributed by atoms with E-state index in [1.54, 1.807) is 12.1 Å². The number of nitrogens with one attached hydrogen (secondary N) is 2. The first kappa shape index (κ1) is 14.5. The van der Waals surface area contributed by atoms with Gasteiger partial charge in [-0.25, -0.2) is 13.1 Å². The van der Waals surface area contributed by atoms with Gasteiger partial charge in [0.25, 0.3) is 0 Å². The summed E-state index contributed by atoms with van der Waals surface area (Å²) in [5.74, 6) is 0.317. The molecule has 1 saturated heterocycles. The molecule has 0 saturated carbocycles. The van der Waals surface area contributed by atoms with Gasteiger partial charge in [0.2, 0.25) is 10.0 Å². The summed E-state index contributed by atoms with van der Waals surface area (Å²) in [4.78, 5) is 0.420. The van der Waals surface area contributed by atoms with Crippen LogP contribution in [0.4, 0.5) is 0 Å². The molecular formula is C14H22N2O2S. The summed E-state index contributed by atoms with van der Waals surface area (Å²) < 4.78 is 27.9. The maximum atomic E-state index is 12.5. The largest absolute Gasteiger partial charge is 0.316 e. The minimum atomic E-state index is -3.41. The molecule has 0 aromatic heterocycles. The van der Waals surface area contributed by atoms with Crippen molar-refractivity contribution in [1.29, 1.82) is 0 Å². The molecule has 1 aromatic rings. The van der Waals surface area contributed by atoms with Gasteiger partial charge in [-0.1, -0.05) is 32.0 Å². The molecule has 1 aliphatic heterocycles. The quantitative estimate of drug-likeness (QED) is 0.880. The summed E-state index contributed by atoms with van der Waals surface area (Å²) in [5.41, 5.74) is 0.872. The van der Waals surface area contributed by atoms with E-state index in [-0.39, 0.29) is 6.04 Å². The summed E-state index contributed by atoms with van der Waals surface area (Å²) >= 11 is 0. The van der Waals surface area contributed by atoms with Gasteiger partial charge in [0.1, 0.15) is 0 Å². The second-order valence-electron chi connectivity index (χ2n) is 5.16. The molecule has 4 nitrogen and oxygen atoms in total. The third-order valence-electron chi connectivity index (χ3n) is 3.73.